The molecule has 0 spiro atoms. The first-order valence-electron chi connectivity index (χ1n) is 4.21. The predicted molar refractivity (Wildman–Crippen MR) is 50.6 cm³/mol. The third-order valence-electron chi connectivity index (χ3n) is 1.92. The topological polar surface area (TPSA) is 22.0 Å². The predicted octanol–water partition coefficient (Wildman–Crippen LogP) is 2.05. The lowest BCUT2D eigenvalue weighted by Crippen LogP contribution is -2.23. The van der Waals surface area contributed by atoms with Gasteiger partial charge in [0.05, 0.1) is 0 Å². The molecule has 0 saturated carbocycles. The minimum atomic E-state index is 0.121. The van der Waals surface area contributed by atoms with Crippen LogP contribution in [-0.2, 0) is 0 Å². The van der Waals surface area contributed by atoms with E-state index in [9.17, 15) is 4.79 Å². The van der Waals surface area contributed by atoms with Gasteiger partial charge in [-0.15, -0.1) is 0 Å². The molecule has 0 unspecified atom stereocenters. The molecule has 2 heteroatoms. The second-order valence-corrected chi connectivity index (χ2v) is 3.51. The molecule has 0 aromatic carbocycles. The van der Waals surface area contributed by atoms with Gasteiger partial charge in [0, 0.05) is 17.8 Å². The normalized spacial score (nSPS) is 10.8. The van der Waals surface area contributed by atoms with Crippen LogP contribution in [0.4, 0.5) is 0 Å². The highest BCUT2D eigenvalue weighted by Crippen LogP contribution is 2.03. The van der Waals surface area contributed by atoms with Gasteiger partial charge in [0.25, 0.3) is 5.56 Å². The van der Waals surface area contributed by atoms with Gasteiger partial charge in [-0.05, 0) is 39.3 Å². The van der Waals surface area contributed by atoms with Crippen molar-refractivity contribution in [2.45, 2.75) is 33.7 Å². The Labute approximate surface area is 72.8 Å². The lowest BCUT2D eigenvalue weighted by molar-refractivity contribution is 0.573. The third kappa shape index (κ3) is 1.58. The molecule has 0 saturated heterocycles. The zero-order valence-electron chi connectivity index (χ0n) is 8.09. The van der Waals surface area contributed by atoms with E-state index in [2.05, 4.69) is 0 Å². The van der Waals surface area contributed by atoms with Gasteiger partial charge in [-0.2, -0.15) is 0 Å². The molecule has 0 aliphatic carbocycles. The molecular weight excluding hydrogens is 150 g/mol. The molecule has 1 aromatic heterocycles. The number of pyridine rings is 1. The van der Waals surface area contributed by atoms with Crippen LogP contribution in [0.25, 0.3) is 0 Å². The first-order valence-corrected chi connectivity index (χ1v) is 4.21. The summed E-state index contributed by atoms with van der Waals surface area (Å²) in [6.07, 6.45) is 1.90. The van der Waals surface area contributed by atoms with E-state index in [0.717, 1.165) is 11.1 Å². The minimum Gasteiger partial charge on any atom is -0.313 e. The van der Waals surface area contributed by atoms with Crippen LogP contribution >= 0.6 is 0 Å². The maximum Gasteiger partial charge on any atom is 0.253 e. The summed E-state index contributed by atoms with van der Waals surface area (Å²) in [6, 6.07) is 2.16. The van der Waals surface area contributed by atoms with E-state index in [1.54, 1.807) is 4.57 Å². The summed E-state index contributed by atoms with van der Waals surface area (Å²) in [5, 5.41) is 0. The molecule has 0 bridgehead atoms. The average Bonchev–Trinajstić information content (AvgIpc) is 1.96. The summed E-state index contributed by atoms with van der Waals surface area (Å²) in [6.45, 7) is 7.89. The second kappa shape index (κ2) is 3.13. The monoisotopic (exact) mass is 165 g/mol. The van der Waals surface area contributed by atoms with Gasteiger partial charge in [-0.25, -0.2) is 0 Å². The molecular formula is C10H15NO. The highest BCUT2D eigenvalue weighted by atomic mass is 16.1. The van der Waals surface area contributed by atoms with E-state index in [-0.39, 0.29) is 11.6 Å². The second-order valence-electron chi connectivity index (χ2n) is 3.51. The minimum absolute atomic E-state index is 0.121. The summed E-state index contributed by atoms with van der Waals surface area (Å²) in [5.41, 5.74) is 2.08. The smallest absolute Gasteiger partial charge is 0.253 e. The Morgan fingerprint density at radius 1 is 1.33 bits per heavy atom. The van der Waals surface area contributed by atoms with E-state index >= 15 is 0 Å². The third-order valence-corrected chi connectivity index (χ3v) is 1.92. The molecule has 0 aliphatic heterocycles. The van der Waals surface area contributed by atoms with Crippen LogP contribution in [0, 0.1) is 13.8 Å². The fourth-order valence-corrected chi connectivity index (χ4v) is 1.31. The molecule has 0 N–H and O–H groups in total. The van der Waals surface area contributed by atoms with Gasteiger partial charge in [0.15, 0.2) is 0 Å². The van der Waals surface area contributed by atoms with E-state index in [1.165, 1.54) is 0 Å². The zero-order valence-corrected chi connectivity index (χ0v) is 8.09. The molecule has 0 amide bonds. The fourth-order valence-electron chi connectivity index (χ4n) is 1.31. The number of aryl methyl sites for hydroxylation is 2. The number of aromatic nitrogens is 1. The van der Waals surface area contributed by atoms with Crippen LogP contribution in [0.15, 0.2) is 17.1 Å². The zero-order chi connectivity index (χ0) is 9.30. The molecule has 12 heavy (non-hydrogen) atoms. The molecule has 1 heterocycles. The van der Waals surface area contributed by atoms with Crippen molar-refractivity contribution < 1.29 is 0 Å². The number of hydrogen-bond acceptors (Lipinski definition) is 1. The number of hydrogen-bond donors (Lipinski definition) is 0. The Balaban J connectivity index is 3.38. The molecule has 2 nitrogen and oxygen atoms in total. The van der Waals surface area contributed by atoms with Crippen molar-refractivity contribution in [3.8, 4) is 0 Å². The van der Waals surface area contributed by atoms with Gasteiger partial charge in [-0.3, -0.25) is 4.79 Å². The van der Waals surface area contributed by atoms with Crippen LogP contribution in [0.5, 0.6) is 0 Å². The van der Waals surface area contributed by atoms with Crippen molar-refractivity contribution in [1.82, 2.24) is 4.57 Å². The van der Waals surface area contributed by atoms with Gasteiger partial charge >= 0.3 is 0 Å². The Morgan fingerprint density at radius 3 is 2.42 bits per heavy atom. The quantitative estimate of drug-likeness (QED) is 0.624. The largest absolute Gasteiger partial charge is 0.313 e. The SMILES string of the molecule is Cc1cc(C)c(=O)n(C(C)C)c1. The molecule has 0 radical (unpaired) electrons. The number of rotatable bonds is 1. The highest BCUT2D eigenvalue weighted by molar-refractivity contribution is 5.16. The fraction of sp³-hybridized carbons (Fsp3) is 0.500. The summed E-state index contributed by atoms with van der Waals surface area (Å²) < 4.78 is 1.77. The molecule has 66 valence electrons. The van der Waals surface area contributed by atoms with Crippen molar-refractivity contribution in [1.29, 1.82) is 0 Å². The van der Waals surface area contributed by atoms with Gasteiger partial charge in [0.2, 0.25) is 0 Å². The Morgan fingerprint density at radius 2 is 1.92 bits per heavy atom. The van der Waals surface area contributed by atoms with Crippen LogP contribution in [0.1, 0.15) is 31.0 Å². The summed E-state index contributed by atoms with van der Waals surface area (Å²) in [7, 11) is 0. The Kier molecular flexibility index (Phi) is 2.36. The summed E-state index contributed by atoms with van der Waals surface area (Å²) in [4.78, 5) is 11.5. The van der Waals surface area contributed by atoms with Crippen molar-refractivity contribution in [3.05, 3.63) is 33.7 Å². The first kappa shape index (κ1) is 9.04. The summed E-state index contributed by atoms with van der Waals surface area (Å²) >= 11 is 0. The standard InChI is InChI=1S/C10H15NO/c1-7(2)11-6-8(3)5-9(4)10(11)12/h5-7H,1-4H3. The average molecular weight is 165 g/mol. The Bertz CT molecular complexity index is 336. The van der Waals surface area contributed by atoms with Crippen LogP contribution in [-0.4, -0.2) is 4.57 Å². The van der Waals surface area contributed by atoms with Crippen molar-refractivity contribution >= 4 is 0 Å². The van der Waals surface area contributed by atoms with Crippen molar-refractivity contribution in [3.63, 3.8) is 0 Å². The van der Waals surface area contributed by atoms with Crippen molar-refractivity contribution in [2.75, 3.05) is 0 Å². The maximum absolute atomic E-state index is 11.5. The van der Waals surface area contributed by atoms with E-state index in [4.69, 9.17) is 0 Å². The van der Waals surface area contributed by atoms with E-state index < -0.39 is 0 Å². The lowest BCUT2D eigenvalue weighted by atomic mass is 10.2. The lowest BCUT2D eigenvalue weighted by Gasteiger charge is -2.11. The maximum atomic E-state index is 11.5. The molecule has 0 fully saturated rings. The van der Waals surface area contributed by atoms with Gasteiger partial charge in [0.1, 0.15) is 0 Å². The van der Waals surface area contributed by atoms with Gasteiger partial charge < -0.3 is 4.57 Å². The first-order chi connectivity index (χ1) is 5.52. The molecule has 0 aliphatic rings. The van der Waals surface area contributed by atoms with E-state index in [1.807, 2.05) is 40.0 Å². The highest BCUT2D eigenvalue weighted by Gasteiger charge is 2.03. The van der Waals surface area contributed by atoms with Crippen LogP contribution < -0.4 is 5.56 Å². The number of nitrogens with zero attached hydrogens (tertiary/aromatic N) is 1. The van der Waals surface area contributed by atoms with Gasteiger partial charge in [-0.1, -0.05) is 0 Å². The van der Waals surface area contributed by atoms with E-state index in [0.29, 0.717) is 0 Å². The Hall–Kier alpha value is -1.05. The van der Waals surface area contributed by atoms with Crippen LogP contribution in [0.2, 0.25) is 0 Å². The molecule has 0 atom stereocenters. The summed E-state index contributed by atoms with van der Waals surface area (Å²) in [5.74, 6) is 0. The van der Waals surface area contributed by atoms with Crippen LogP contribution in [0.3, 0.4) is 0 Å². The molecule has 1 rings (SSSR count). The van der Waals surface area contributed by atoms with Crippen molar-refractivity contribution in [2.24, 2.45) is 0 Å². The molecule has 1 aromatic rings.